The van der Waals surface area contributed by atoms with Gasteiger partial charge in [-0.2, -0.15) is 0 Å². The second-order valence-corrected chi connectivity index (χ2v) is 9.01. The van der Waals surface area contributed by atoms with E-state index in [1.807, 2.05) is 54.6 Å². The molecular formula is C27H22N4O4. The molecule has 0 saturated carbocycles. The first-order valence-electron chi connectivity index (χ1n) is 11.5. The number of piperazine rings is 1. The number of carbonyl (C=O) groups is 2. The topological polar surface area (TPSA) is 99.5 Å². The quantitative estimate of drug-likeness (QED) is 0.363. The molecule has 2 aliphatic rings. The number of nitrogens with one attached hydrogen (secondary N) is 1. The molecule has 0 spiro atoms. The molecule has 2 amide bonds. The Morgan fingerprint density at radius 1 is 0.943 bits per heavy atom. The molecule has 1 saturated heterocycles. The first-order chi connectivity index (χ1) is 17.0. The maximum atomic E-state index is 13.7. The van der Waals surface area contributed by atoms with Gasteiger partial charge in [-0.25, -0.2) is 0 Å². The molecule has 174 valence electrons. The minimum atomic E-state index is -0.646. The molecule has 1 aromatic heterocycles. The third kappa shape index (κ3) is 3.45. The van der Waals surface area contributed by atoms with E-state index in [-0.39, 0.29) is 24.0 Å². The van der Waals surface area contributed by atoms with Gasteiger partial charge in [0.15, 0.2) is 0 Å². The van der Waals surface area contributed by atoms with Crippen molar-refractivity contribution in [1.29, 1.82) is 0 Å². The van der Waals surface area contributed by atoms with E-state index < -0.39 is 17.0 Å². The minimum absolute atomic E-state index is 0.0106. The lowest BCUT2D eigenvalue weighted by Crippen LogP contribution is -2.62. The van der Waals surface area contributed by atoms with Gasteiger partial charge in [-0.1, -0.05) is 48.5 Å². The SMILES string of the molecule is O=C1[C@H]2Cc3c([nH]c4ccccc34)[C@H](c3ccc([N+](=O)[O-])cc3)N2C(=O)CN1Cc1ccccc1. The number of nitro groups is 1. The number of nitrogens with zero attached hydrogens (tertiary/aromatic N) is 3. The number of non-ortho nitro benzene ring substituents is 1. The van der Waals surface area contributed by atoms with Crippen LogP contribution in [-0.2, 0) is 22.6 Å². The summed E-state index contributed by atoms with van der Waals surface area (Å²) in [5, 5.41) is 12.2. The molecular weight excluding hydrogens is 444 g/mol. The first-order valence-corrected chi connectivity index (χ1v) is 11.5. The predicted molar refractivity (Wildman–Crippen MR) is 129 cm³/mol. The van der Waals surface area contributed by atoms with Gasteiger partial charge in [-0.3, -0.25) is 19.7 Å². The number of para-hydroxylation sites is 1. The van der Waals surface area contributed by atoms with E-state index in [1.54, 1.807) is 21.9 Å². The lowest BCUT2D eigenvalue weighted by molar-refractivity contribution is -0.384. The van der Waals surface area contributed by atoms with Crippen LogP contribution < -0.4 is 0 Å². The number of hydrogen-bond acceptors (Lipinski definition) is 4. The number of hydrogen-bond donors (Lipinski definition) is 1. The number of aromatic nitrogens is 1. The average molecular weight is 466 g/mol. The van der Waals surface area contributed by atoms with Gasteiger partial charge in [0.25, 0.3) is 5.69 Å². The number of fused-ring (bicyclic) bond motifs is 4. The summed E-state index contributed by atoms with van der Waals surface area (Å²) in [7, 11) is 0. The van der Waals surface area contributed by atoms with Crippen molar-refractivity contribution in [1.82, 2.24) is 14.8 Å². The highest BCUT2D eigenvalue weighted by atomic mass is 16.6. The Morgan fingerprint density at radius 3 is 2.40 bits per heavy atom. The zero-order valence-electron chi connectivity index (χ0n) is 18.8. The van der Waals surface area contributed by atoms with Crippen LogP contribution in [-0.4, -0.2) is 44.1 Å². The minimum Gasteiger partial charge on any atom is -0.356 e. The molecule has 6 rings (SSSR count). The molecule has 35 heavy (non-hydrogen) atoms. The lowest BCUT2D eigenvalue weighted by atomic mass is 9.86. The molecule has 3 aromatic carbocycles. The van der Waals surface area contributed by atoms with Crippen molar-refractivity contribution in [2.24, 2.45) is 0 Å². The largest absolute Gasteiger partial charge is 0.356 e. The van der Waals surface area contributed by atoms with Crippen molar-refractivity contribution in [2.75, 3.05) is 6.54 Å². The van der Waals surface area contributed by atoms with Crippen LogP contribution in [0, 0.1) is 10.1 Å². The summed E-state index contributed by atoms with van der Waals surface area (Å²) in [6.45, 7) is 0.363. The fourth-order valence-corrected chi connectivity index (χ4v) is 5.39. The van der Waals surface area contributed by atoms with Crippen LogP contribution >= 0.6 is 0 Å². The first kappa shape index (κ1) is 21.1. The highest BCUT2D eigenvalue weighted by Crippen LogP contribution is 2.42. The van der Waals surface area contributed by atoms with Gasteiger partial charge in [-0.05, 0) is 34.9 Å². The van der Waals surface area contributed by atoms with E-state index in [0.29, 0.717) is 13.0 Å². The molecule has 8 nitrogen and oxygen atoms in total. The Hall–Kier alpha value is -4.46. The van der Waals surface area contributed by atoms with Crippen molar-refractivity contribution in [3.8, 4) is 0 Å². The van der Waals surface area contributed by atoms with Gasteiger partial charge >= 0.3 is 0 Å². The Bertz CT molecular complexity index is 1460. The van der Waals surface area contributed by atoms with Gasteiger partial charge in [0, 0.05) is 41.7 Å². The number of amides is 2. The Balaban J connectivity index is 1.45. The third-order valence-electron chi connectivity index (χ3n) is 6.98. The second-order valence-electron chi connectivity index (χ2n) is 9.01. The number of H-pyrrole nitrogens is 1. The average Bonchev–Trinajstić information content (AvgIpc) is 3.25. The third-order valence-corrected chi connectivity index (χ3v) is 6.98. The van der Waals surface area contributed by atoms with Crippen molar-refractivity contribution in [2.45, 2.75) is 25.0 Å². The van der Waals surface area contributed by atoms with E-state index in [4.69, 9.17) is 0 Å². The molecule has 0 aliphatic carbocycles. The standard InChI is InChI=1S/C27H22N4O4/c32-24-16-29(15-17-6-2-1-3-7-17)27(33)23-14-21-20-8-4-5-9-22(20)28-25(21)26(30(23)24)18-10-12-19(13-11-18)31(34)35/h1-13,23,26,28H,14-16H2/t23-,26+/m1/s1. The number of nitro benzene ring substituents is 1. The summed E-state index contributed by atoms with van der Waals surface area (Å²) >= 11 is 0. The van der Waals surface area contributed by atoms with Gasteiger partial charge < -0.3 is 14.8 Å². The fourth-order valence-electron chi connectivity index (χ4n) is 5.39. The van der Waals surface area contributed by atoms with E-state index >= 15 is 0 Å². The molecule has 1 N–H and O–H groups in total. The summed E-state index contributed by atoms with van der Waals surface area (Å²) in [5.41, 5.74) is 4.48. The van der Waals surface area contributed by atoms with Crippen LogP contribution in [0.1, 0.15) is 28.4 Å². The van der Waals surface area contributed by atoms with Gasteiger partial charge in [0.05, 0.1) is 11.0 Å². The van der Waals surface area contributed by atoms with Gasteiger partial charge in [0.1, 0.15) is 12.6 Å². The van der Waals surface area contributed by atoms with Crippen LogP contribution in [0.4, 0.5) is 5.69 Å². The monoisotopic (exact) mass is 466 g/mol. The summed E-state index contributed by atoms with van der Waals surface area (Å²) in [6, 6.07) is 22.6. The fraction of sp³-hybridized carbons (Fsp3) is 0.185. The second kappa shape index (κ2) is 8.09. The Morgan fingerprint density at radius 2 is 1.66 bits per heavy atom. The summed E-state index contributed by atoms with van der Waals surface area (Å²) < 4.78 is 0. The van der Waals surface area contributed by atoms with Crippen LogP contribution in [0.3, 0.4) is 0 Å². The zero-order chi connectivity index (χ0) is 24.1. The number of rotatable bonds is 4. The highest BCUT2D eigenvalue weighted by molar-refractivity contribution is 5.97. The summed E-state index contributed by atoms with van der Waals surface area (Å²) in [5.74, 6) is -0.227. The highest BCUT2D eigenvalue weighted by Gasteiger charge is 2.48. The normalized spacial score (nSPS) is 19.5. The number of aromatic amines is 1. The van der Waals surface area contributed by atoms with Crippen molar-refractivity contribution < 1.29 is 14.5 Å². The smallest absolute Gasteiger partial charge is 0.269 e. The molecule has 0 bridgehead atoms. The van der Waals surface area contributed by atoms with E-state index in [1.165, 1.54) is 12.1 Å². The maximum Gasteiger partial charge on any atom is 0.269 e. The maximum absolute atomic E-state index is 13.7. The van der Waals surface area contributed by atoms with E-state index in [0.717, 1.165) is 33.3 Å². The van der Waals surface area contributed by atoms with E-state index in [9.17, 15) is 19.7 Å². The van der Waals surface area contributed by atoms with Gasteiger partial charge in [-0.15, -0.1) is 0 Å². The molecule has 0 unspecified atom stereocenters. The predicted octanol–water partition coefficient (Wildman–Crippen LogP) is 3.96. The summed E-state index contributed by atoms with van der Waals surface area (Å²) in [4.78, 5) is 44.8. The molecule has 0 radical (unpaired) electrons. The van der Waals surface area contributed by atoms with Gasteiger partial charge in [0.2, 0.25) is 11.8 Å². The summed E-state index contributed by atoms with van der Waals surface area (Å²) in [6.07, 6.45) is 0.415. The van der Waals surface area contributed by atoms with Crippen LogP contribution in [0.2, 0.25) is 0 Å². The van der Waals surface area contributed by atoms with Crippen LogP contribution in [0.15, 0.2) is 78.9 Å². The van der Waals surface area contributed by atoms with Crippen LogP contribution in [0.25, 0.3) is 10.9 Å². The van der Waals surface area contributed by atoms with E-state index in [2.05, 4.69) is 4.98 Å². The van der Waals surface area contributed by atoms with Crippen molar-refractivity contribution >= 4 is 28.4 Å². The molecule has 2 aliphatic heterocycles. The molecule has 2 atom stereocenters. The number of benzene rings is 3. The molecule has 8 heteroatoms. The van der Waals surface area contributed by atoms with Crippen LogP contribution in [0.5, 0.6) is 0 Å². The van der Waals surface area contributed by atoms with Crippen molar-refractivity contribution in [3.05, 3.63) is 111 Å². The number of carbonyl (C=O) groups excluding carboxylic acids is 2. The molecule has 1 fully saturated rings. The molecule has 4 aromatic rings. The lowest BCUT2D eigenvalue weighted by Gasteiger charge is -2.47. The Labute approximate surface area is 200 Å². The Kier molecular flexibility index (Phi) is 4.88. The molecule has 3 heterocycles. The van der Waals surface area contributed by atoms with Crippen molar-refractivity contribution in [3.63, 3.8) is 0 Å². The zero-order valence-corrected chi connectivity index (χ0v) is 18.8.